The fourth-order valence-electron chi connectivity index (χ4n) is 2.03. The van der Waals surface area contributed by atoms with Gasteiger partial charge in [-0.3, -0.25) is 4.79 Å². The molecular weight excluding hydrogens is 270 g/mol. The fourth-order valence-corrected chi connectivity index (χ4v) is 2.96. The molecule has 1 amide bonds. The molecule has 0 bridgehead atoms. The van der Waals surface area contributed by atoms with E-state index in [2.05, 4.69) is 16.9 Å². The molecule has 1 aromatic heterocycles. The minimum Gasteiger partial charge on any atom is -0.266 e. The summed E-state index contributed by atoms with van der Waals surface area (Å²) < 4.78 is 3.17. The Kier molecular flexibility index (Phi) is 3.35. The summed E-state index contributed by atoms with van der Waals surface area (Å²) in [5.41, 5.74) is 6.37. The second-order valence-corrected chi connectivity index (χ2v) is 5.55. The smallest absolute Gasteiger partial charge is 0.266 e. The van der Waals surface area contributed by atoms with Gasteiger partial charge in [-0.1, -0.05) is 30.3 Å². The molecular formula is C15H14N3OS+. The zero-order valence-corrected chi connectivity index (χ0v) is 11.8. The van der Waals surface area contributed by atoms with E-state index in [9.17, 15) is 4.79 Å². The van der Waals surface area contributed by atoms with Crippen LogP contribution in [0.1, 0.15) is 10.4 Å². The number of fused-ring (bicyclic) bond motifs is 1. The maximum atomic E-state index is 12.0. The van der Waals surface area contributed by atoms with Crippen LogP contribution in [0.3, 0.4) is 0 Å². The number of hydrazine groups is 1. The predicted octanol–water partition coefficient (Wildman–Crippen LogP) is 2.48. The first kappa shape index (κ1) is 12.6. The van der Waals surface area contributed by atoms with Crippen LogP contribution in [0.4, 0.5) is 5.82 Å². The Morgan fingerprint density at radius 2 is 1.75 bits per heavy atom. The Labute approximate surface area is 120 Å². The molecule has 0 aliphatic rings. The quantitative estimate of drug-likeness (QED) is 0.573. The van der Waals surface area contributed by atoms with E-state index in [1.54, 1.807) is 23.7 Å². The SMILES string of the molecule is C[n+]1sc2ccccc2c1NNC(=O)c1ccccc1. The Hall–Kier alpha value is -2.40. The number of carbonyl (C=O) groups is 1. The van der Waals surface area contributed by atoms with Crippen molar-refractivity contribution in [3.05, 3.63) is 60.2 Å². The van der Waals surface area contributed by atoms with Crippen LogP contribution < -0.4 is 14.8 Å². The lowest BCUT2D eigenvalue weighted by molar-refractivity contribution is -0.585. The van der Waals surface area contributed by atoms with Gasteiger partial charge in [0.05, 0.1) is 17.1 Å². The van der Waals surface area contributed by atoms with Gasteiger partial charge >= 0.3 is 5.82 Å². The first-order valence-corrected chi connectivity index (χ1v) is 7.02. The number of carbonyl (C=O) groups excluding carboxylic acids is 1. The molecule has 2 aromatic carbocycles. The molecule has 4 nitrogen and oxygen atoms in total. The van der Waals surface area contributed by atoms with Gasteiger partial charge in [0, 0.05) is 17.1 Å². The molecule has 3 aromatic rings. The maximum absolute atomic E-state index is 12.0. The third kappa shape index (κ3) is 2.35. The Morgan fingerprint density at radius 1 is 1.05 bits per heavy atom. The monoisotopic (exact) mass is 284 g/mol. The number of nitrogens with zero attached hydrogens (tertiary/aromatic N) is 1. The molecule has 0 aliphatic heterocycles. The van der Waals surface area contributed by atoms with E-state index in [0.717, 1.165) is 11.2 Å². The van der Waals surface area contributed by atoms with Gasteiger partial charge in [0.2, 0.25) is 0 Å². The number of hydrogen-bond acceptors (Lipinski definition) is 3. The Bertz CT molecular complexity index is 752. The van der Waals surface area contributed by atoms with Crippen LogP contribution in [0.5, 0.6) is 0 Å². The first-order chi connectivity index (χ1) is 9.75. The highest BCUT2D eigenvalue weighted by Crippen LogP contribution is 2.23. The average Bonchev–Trinajstić information content (AvgIpc) is 2.81. The molecule has 100 valence electrons. The highest BCUT2D eigenvalue weighted by atomic mass is 32.1. The number of rotatable bonds is 3. The van der Waals surface area contributed by atoms with Crippen LogP contribution in [-0.2, 0) is 7.05 Å². The molecule has 3 rings (SSSR count). The zero-order chi connectivity index (χ0) is 13.9. The van der Waals surface area contributed by atoms with E-state index in [4.69, 9.17) is 0 Å². The zero-order valence-electron chi connectivity index (χ0n) is 11.0. The van der Waals surface area contributed by atoms with Crippen LogP contribution in [0.2, 0.25) is 0 Å². The summed E-state index contributed by atoms with van der Waals surface area (Å²) in [6.45, 7) is 0. The van der Waals surface area contributed by atoms with Crippen molar-refractivity contribution >= 4 is 33.3 Å². The predicted molar refractivity (Wildman–Crippen MR) is 80.5 cm³/mol. The van der Waals surface area contributed by atoms with Crippen LogP contribution in [0.15, 0.2) is 54.6 Å². The van der Waals surface area contributed by atoms with E-state index in [0.29, 0.717) is 5.56 Å². The second-order valence-electron chi connectivity index (χ2n) is 4.38. The third-order valence-electron chi connectivity index (χ3n) is 3.02. The summed E-state index contributed by atoms with van der Waals surface area (Å²) in [6, 6.07) is 17.2. The number of nitrogens with one attached hydrogen (secondary N) is 2. The summed E-state index contributed by atoms with van der Waals surface area (Å²) in [7, 11) is 1.96. The molecule has 0 aliphatic carbocycles. The minimum atomic E-state index is -0.152. The van der Waals surface area contributed by atoms with Crippen molar-refractivity contribution in [2.45, 2.75) is 0 Å². The van der Waals surface area contributed by atoms with E-state index >= 15 is 0 Å². The summed E-state index contributed by atoms with van der Waals surface area (Å²) in [5.74, 6) is 0.732. The summed E-state index contributed by atoms with van der Waals surface area (Å²) in [6.07, 6.45) is 0. The van der Waals surface area contributed by atoms with E-state index in [1.807, 2.05) is 47.4 Å². The molecule has 0 saturated carbocycles. The highest BCUT2D eigenvalue weighted by molar-refractivity contribution is 7.09. The Balaban J connectivity index is 1.81. The molecule has 2 N–H and O–H groups in total. The average molecular weight is 284 g/mol. The summed E-state index contributed by atoms with van der Waals surface area (Å²) in [5, 5.41) is 1.09. The second kappa shape index (κ2) is 5.30. The van der Waals surface area contributed by atoms with Gasteiger partial charge in [0.25, 0.3) is 5.91 Å². The topological polar surface area (TPSA) is 45.0 Å². The van der Waals surface area contributed by atoms with Gasteiger partial charge in [-0.2, -0.15) is 14.8 Å². The van der Waals surface area contributed by atoms with Crippen molar-refractivity contribution < 1.29 is 8.75 Å². The molecule has 0 atom stereocenters. The van der Waals surface area contributed by atoms with Gasteiger partial charge in [-0.05, 0) is 24.3 Å². The maximum Gasteiger partial charge on any atom is 0.317 e. The first-order valence-electron chi connectivity index (χ1n) is 6.25. The van der Waals surface area contributed by atoms with Crippen molar-refractivity contribution in [2.75, 3.05) is 5.43 Å². The van der Waals surface area contributed by atoms with Gasteiger partial charge < -0.3 is 0 Å². The van der Waals surface area contributed by atoms with E-state index in [-0.39, 0.29) is 5.91 Å². The largest absolute Gasteiger partial charge is 0.317 e. The van der Waals surface area contributed by atoms with E-state index in [1.165, 1.54) is 4.70 Å². The summed E-state index contributed by atoms with van der Waals surface area (Å²) in [4.78, 5) is 12.0. The fraction of sp³-hybridized carbons (Fsp3) is 0.0667. The van der Waals surface area contributed by atoms with Crippen LogP contribution in [0.25, 0.3) is 10.1 Å². The van der Waals surface area contributed by atoms with Crippen molar-refractivity contribution in [1.29, 1.82) is 0 Å². The van der Waals surface area contributed by atoms with Crippen LogP contribution >= 0.6 is 11.5 Å². The van der Waals surface area contributed by atoms with Crippen molar-refractivity contribution in [3.63, 3.8) is 0 Å². The lowest BCUT2D eigenvalue weighted by atomic mass is 10.2. The minimum absolute atomic E-state index is 0.152. The van der Waals surface area contributed by atoms with Crippen molar-refractivity contribution in [1.82, 2.24) is 5.43 Å². The van der Waals surface area contributed by atoms with Crippen molar-refractivity contribution in [3.8, 4) is 0 Å². The molecule has 0 saturated heterocycles. The lowest BCUT2D eigenvalue weighted by Gasteiger charge is -2.02. The molecule has 1 heterocycles. The van der Waals surface area contributed by atoms with Gasteiger partial charge in [0.1, 0.15) is 0 Å². The number of aromatic nitrogens is 1. The molecule has 0 radical (unpaired) electrons. The molecule has 0 spiro atoms. The third-order valence-corrected chi connectivity index (χ3v) is 4.03. The molecule has 20 heavy (non-hydrogen) atoms. The molecule has 0 unspecified atom stereocenters. The molecule has 0 fully saturated rings. The number of amides is 1. The lowest BCUT2D eigenvalue weighted by Crippen LogP contribution is -2.36. The molecule has 5 heteroatoms. The number of hydrogen-bond donors (Lipinski definition) is 2. The number of aryl methyl sites for hydroxylation is 1. The normalized spacial score (nSPS) is 10.4. The van der Waals surface area contributed by atoms with Gasteiger partial charge in [-0.15, -0.1) is 0 Å². The number of benzene rings is 2. The highest BCUT2D eigenvalue weighted by Gasteiger charge is 2.16. The van der Waals surface area contributed by atoms with Crippen molar-refractivity contribution in [2.24, 2.45) is 7.05 Å². The Morgan fingerprint density at radius 3 is 2.55 bits per heavy atom. The van der Waals surface area contributed by atoms with Crippen LogP contribution in [0, 0.1) is 0 Å². The standard InChI is InChI=1S/C15H13N3OS/c1-18-14(12-9-5-6-10-13(12)20-18)16-17-15(19)11-7-3-2-4-8-11/h2-10H,1H3,(H,17,19)/p+1. The van der Waals surface area contributed by atoms with Gasteiger partial charge in [0.15, 0.2) is 0 Å². The number of anilines is 1. The summed E-state index contributed by atoms with van der Waals surface area (Å²) >= 11 is 1.63. The van der Waals surface area contributed by atoms with Gasteiger partial charge in [-0.25, -0.2) is 0 Å². The van der Waals surface area contributed by atoms with E-state index < -0.39 is 0 Å². The van der Waals surface area contributed by atoms with Crippen LogP contribution in [-0.4, -0.2) is 5.91 Å².